The number of carbonyl (C=O) groups is 4. The first-order valence-corrected chi connectivity index (χ1v) is 22.2. The molecule has 6 heterocycles. The summed E-state index contributed by atoms with van der Waals surface area (Å²) in [6, 6.07) is 14.9. The van der Waals surface area contributed by atoms with Gasteiger partial charge < -0.3 is 20.1 Å². The van der Waals surface area contributed by atoms with Crippen LogP contribution in [-0.2, 0) is 24.4 Å². The summed E-state index contributed by atoms with van der Waals surface area (Å²) < 4.78 is 57.4. The molecule has 324 valence electrons. The van der Waals surface area contributed by atoms with Crippen LogP contribution in [0.15, 0.2) is 73.2 Å². The molecule has 5 aromatic rings. The van der Waals surface area contributed by atoms with E-state index in [1.165, 1.54) is 25.6 Å². The van der Waals surface area contributed by atoms with Gasteiger partial charge in [-0.1, -0.05) is 12.1 Å². The van der Waals surface area contributed by atoms with Gasteiger partial charge in [0, 0.05) is 79.0 Å². The Hall–Kier alpha value is -6.27. The summed E-state index contributed by atoms with van der Waals surface area (Å²) in [5.74, 6) is -2.73. The van der Waals surface area contributed by atoms with Gasteiger partial charge in [-0.25, -0.2) is 27.2 Å². The Labute approximate surface area is 357 Å². The van der Waals surface area contributed by atoms with Crippen LogP contribution >= 0.6 is 0 Å². The molecule has 0 saturated carbocycles. The molecule has 3 aliphatic rings. The van der Waals surface area contributed by atoms with Gasteiger partial charge in [0.05, 0.1) is 23.0 Å². The van der Waals surface area contributed by atoms with Crippen molar-refractivity contribution in [2.45, 2.75) is 56.7 Å². The van der Waals surface area contributed by atoms with Crippen LogP contribution in [0.2, 0.25) is 0 Å². The van der Waals surface area contributed by atoms with Gasteiger partial charge in [0.1, 0.15) is 23.3 Å². The fourth-order valence-electron chi connectivity index (χ4n) is 8.12. The highest BCUT2D eigenvalue weighted by molar-refractivity contribution is 7.93. The summed E-state index contributed by atoms with van der Waals surface area (Å²) in [7, 11) is -3.97. The summed E-state index contributed by atoms with van der Waals surface area (Å²) in [5, 5.41) is 5.03. The van der Waals surface area contributed by atoms with Gasteiger partial charge in [-0.15, -0.1) is 0 Å². The molecule has 4 N–H and O–H groups in total. The normalized spacial score (nSPS) is 18.0. The number of imide groups is 1. The molecule has 18 heteroatoms. The number of fused-ring (bicyclic) bond motifs is 1. The van der Waals surface area contributed by atoms with Crippen LogP contribution < -0.4 is 20.3 Å². The van der Waals surface area contributed by atoms with E-state index in [0.717, 1.165) is 49.6 Å². The van der Waals surface area contributed by atoms with Crippen molar-refractivity contribution in [2.75, 3.05) is 60.8 Å². The topological polar surface area (TPSA) is 190 Å². The molecule has 0 aliphatic carbocycles. The number of halogens is 2. The van der Waals surface area contributed by atoms with Gasteiger partial charge in [-0.2, -0.15) is 0 Å². The van der Waals surface area contributed by atoms with Crippen molar-refractivity contribution in [3.63, 3.8) is 0 Å². The number of hydrogen-bond donors (Lipinski definition) is 4. The number of ketones is 1. The number of benzene rings is 2. The first-order chi connectivity index (χ1) is 29.7. The van der Waals surface area contributed by atoms with Crippen molar-refractivity contribution in [3.8, 4) is 11.1 Å². The van der Waals surface area contributed by atoms with Crippen molar-refractivity contribution in [1.29, 1.82) is 0 Å². The third kappa shape index (κ3) is 9.02. The minimum Gasteiger partial charge on any atom is -0.374 e. The van der Waals surface area contributed by atoms with E-state index in [1.807, 2.05) is 29.2 Å². The second kappa shape index (κ2) is 17.6. The Kier molecular flexibility index (Phi) is 12.0. The molecule has 3 aliphatic heterocycles. The Balaban J connectivity index is 0.833. The first kappa shape index (κ1) is 42.4. The molecule has 0 spiro atoms. The highest BCUT2D eigenvalue weighted by Gasteiger charge is 2.30. The Morgan fingerprint density at radius 2 is 1.61 bits per heavy atom. The maximum absolute atomic E-state index is 15.5. The number of aromatic amines is 1. The maximum Gasteiger partial charge on any atom is 0.249 e. The fourth-order valence-corrected chi connectivity index (χ4v) is 8.82. The van der Waals surface area contributed by atoms with Gasteiger partial charge >= 0.3 is 0 Å². The monoisotopic (exact) mass is 867 g/mol. The van der Waals surface area contributed by atoms with Crippen LogP contribution in [0.5, 0.6) is 0 Å². The van der Waals surface area contributed by atoms with Crippen molar-refractivity contribution in [1.82, 2.24) is 30.1 Å². The molecule has 1 atom stereocenters. The number of pyridine rings is 2. The predicted octanol–water partition coefficient (Wildman–Crippen LogP) is 5.03. The lowest BCUT2D eigenvalue weighted by Gasteiger charge is -2.37. The van der Waals surface area contributed by atoms with Gasteiger partial charge in [-0.05, 0) is 100 Å². The zero-order chi connectivity index (χ0) is 43.7. The summed E-state index contributed by atoms with van der Waals surface area (Å²) in [4.78, 5) is 68.7. The largest absolute Gasteiger partial charge is 0.374 e. The predicted molar refractivity (Wildman–Crippen MR) is 230 cm³/mol. The molecule has 62 heavy (non-hydrogen) atoms. The number of piperazine rings is 1. The van der Waals surface area contributed by atoms with Crippen LogP contribution in [-0.4, -0.2) is 114 Å². The smallest absolute Gasteiger partial charge is 0.249 e. The lowest BCUT2D eigenvalue weighted by Crippen LogP contribution is -2.52. The summed E-state index contributed by atoms with van der Waals surface area (Å²) in [6.45, 7) is 7.19. The second-order valence-corrected chi connectivity index (χ2v) is 18.5. The number of piperidine rings is 2. The number of anilines is 3. The molecule has 3 aromatic heterocycles. The van der Waals surface area contributed by atoms with Crippen LogP contribution in [0.25, 0.3) is 22.2 Å². The molecule has 0 radical (unpaired) electrons. The maximum atomic E-state index is 15.5. The average Bonchev–Trinajstić information content (AvgIpc) is 3.70. The summed E-state index contributed by atoms with van der Waals surface area (Å²) >= 11 is 0. The quantitative estimate of drug-likeness (QED) is 0.0973. The molecule has 3 saturated heterocycles. The number of amides is 3. The number of likely N-dealkylation sites (tertiary alicyclic amines) is 1. The van der Waals surface area contributed by atoms with Crippen molar-refractivity contribution >= 4 is 61.8 Å². The molecular weight excluding hydrogens is 821 g/mol. The number of hydrogen-bond acceptors (Lipinski definition) is 11. The number of nitrogens with zero attached hydrogens (tertiary/aromatic N) is 5. The highest BCUT2D eigenvalue weighted by Crippen LogP contribution is 2.32. The van der Waals surface area contributed by atoms with Gasteiger partial charge in [0.25, 0.3) is 0 Å². The number of sulfonamides is 1. The SMILES string of the molecule is CC(C)S(=O)(=O)Nc1ccc(F)c(C(=O)c2c[nH]c3ncc(-c4ccc(N5CCN(C(=O)CN6CCC(c7ccc(NC8CCC(=O)NC8=O)cc7)CC6)CC5)nc4)cc23)c1F. The Morgan fingerprint density at radius 1 is 0.887 bits per heavy atom. The fraction of sp³-hybridized carbons (Fsp3) is 0.364. The van der Waals surface area contributed by atoms with Gasteiger partial charge in [-0.3, -0.25) is 34.1 Å². The molecule has 3 fully saturated rings. The van der Waals surface area contributed by atoms with E-state index in [4.69, 9.17) is 0 Å². The van der Waals surface area contributed by atoms with Crippen LogP contribution in [0.4, 0.5) is 26.0 Å². The summed E-state index contributed by atoms with van der Waals surface area (Å²) in [6.07, 6.45) is 7.28. The molecule has 8 rings (SSSR count). The Morgan fingerprint density at radius 3 is 2.29 bits per heavy atom. The molecule has 15 nitrogen and oxygen atoms in total. The minimum atomic E-state index is -3.97. The number of carbonyl (C=O) groups excluding carboxylic acids is 4. The molecule has 3 amide bonds. The molecule has 2 aromatic carbocycles. The van der Waals surface area contributed by atoms with E-state index >= 15 is 4.39 Å². The molecule has 1 unspecified atom stereocenters. The van der Waals surface area contributed by atoms with Crippen molar-refractivity contribution < 1.29 is 36.4 Å². The second-order valence-electron chi connectivity index (χ2n) is 16.2. The average molecular weight is 868 g/mol. The zero-order valence-electron chi connectivity index (χ0n) is 34.3. The standard InChI is InChI=1S/C44H47F2N9O6S/c1-26(2)62(60,61)52-35-9-8-34(45)40(41(35)46)42(58)33-24-49-43-32(33)21-30(23-48-43)29-5-11-37(47-22-29)54-17-19-55(20-18-54)39(57)25-53-15-13-28(14-16-53)27-3-6-31(7-4-27)50-36-10-12-38(56)51-44(36)59/h3-9,11,21-24,26,28,36,50,52H,10,12-20,25H2,1-2H3,(H,48,49)(H,51,56,59). The van der Waals surface area contributed by atoms with Crippen LogP contribution in [0, 0.1) is 11.6 Å². The van der Waals surface area contributed by atoms with Crippen LogP contribution in [0.1, 0.15) is 66.9 Å². The van der Waals surface area contributed by atoms with Crippen molar-refractivity contribution in [3.05, 3.63) is 102 Å². The highest BCUT2D eigenvalue weighted by atomic mass is 32.2. The third-order valence-corrected chi connectivity index (χ3v) is 13.7. The lowest BCUT2D eigenvalue weighted by atomic mass is 9.89. The zero-order valence-corrected chi connectivity index (χ0v) is 35.1. The lowest BCUT2D eigenvalue weighted by molar-refractivity contribution is -0.134. The summed E-state index contributed by atoms with van der Waals surface area (Å²) in [5.41, 5.74) is 2.24. The van der Waals surface area contributed by atoms with E-state index in [1.54, 1.807) is 18.5 Å². The van der Waals surface area contributed by atoms with Gasteiger partial charge in [0.15, 0.2) is 5.82 Å². The van der Waals surface area contributed by atoms with Crippen LogP contribution in [0.3, 0.4) is 0 Å². The molecular formula is C44H47F2N9O6S. The van der Waals surface area contributed by atoms with Gasteiger partial charge in [0.2, 0.25) is 33.5 Å². The van der Waals surface area contributed by atoms with E-state index in [-0.39, 0.29) is 23.3 Å². The van der Waals surface area contributed by atoms with E-state index in [9.17, 15) is 32.0 Å². The molecule has 0 bridgehead atoms. The number of rotatable bonds is 12. The number of H-pyrrole nitrogens is 1. The number of nitrogens with one attached hydrogen (secondary N) is 4. The Bertz CT molecular complexity index is 2620. The van der Waals surface area contributed by atoms with E-state index in [2.05, 4.69) is 52.2 Å². The van der Waals surface area contributed by atoms with E-state index in [0.29, 0.717) is 73.6 Å². The third-order valence-electron chi connectivity index (χ3n) is 11.9. The minimum absolute atomic E-state index is 0.0392. The van der Waals surface area contributed by atoms with E-state index < -0.39 is 50.0 Å². The van der Waals surface area contributed by atoms with Crippen molar-refractivity contribution in [2.24, 2.45) is 0 Å². The first-order valence-electron chi connectivity index (χ1n) is 20.7. The number of aromatic nitrogens is 3.